The lowest BCUT2D eigenvalue weighted by Gasteiger charge is -2.35. The van der Waals surface area contributed by atoms with Gasteiger partial charge in [-0.2, -0.15) is 0 Å². The van der Waals surface area contributed by atoms with Gasteiger partial charge in [-0.15, -0.1) is 0 Å². The Morgan fingerprint density at radius 2 is 1.65 bits per heavy atom. The number of nitrogens with zero attached hydrogens (tertiary/aromatic N) is 2. The van der Waals surface area contributed by atoms with E-state index in [1.807, 2.05) is 4.90 Å². The molecule has 0 aromatic heterocycles. The molecule has 1 aromatic rings. The van der Waals surface area contributed by atoms with E-state index in [1.165, 1.54) is 22.3 Å². The Morgan fingerprint density at radius 3 is 2.25 bits per heavy atom. The number of hydrogen-bond acceptors (Lipinski definition) is 3. The van der Waals surface area contributed by atoms with Crippen LogP contribution in [0.15, 0.2) is 12.1 Å². The zero-order valence-corrected chi connectivity index (χ0v) is 12.8. The first kappa shape index (κ1) is 15.0. The molecule has 1 aromatic carbocycles. The number of benzene rings is 1. The summed E-state index contributed by atoms with van der Waals surface area (Å²) in [6.45, 7) is 11.0. The fraction of sp³-hybridized carbons (Fsp3) is 0.562. The summed E-state index contributed by atoms with van der Waals surface area (Å²) in [7, 11) is 0. The van der Waals surface area contributed by atoms with Crippen LogP contribution in [0.2, 0.25) is 0 Å². The van der Waals surface area contributed by atoms with E-state index in [4.69, 9.17) is 5.73 Å². The highest BCUT2D eigenvalue weighted by Crippen LogP contribution is 2.18. The van der Waals surface area contributed by atoms with Crippen molar-refractivity contribution in [1.29, 1.82) is 0 Å². The summed E-state index contributed by atoms with van der Waals surface area (Å²) in [5, 5.41) is 0. The summed E-state index contributed by atoms with van der Waals surface area (Å²) in [5.41, 5.74) is 10.9. The monoisotopic (exact) mass is 275 g/mol. The second kappa shape index (κ2) is 6.37. The lowest BCUT2D eigenvalue weighted by Crippen LogP contribution is -2.49. The largest absolute Gasteiger partial charge is 0.339 e. The molecule has 0 aliphatic carbocycles. The fourth-order valence-corrected chi connectivity index (χ4v) is 2.72. The second-order valence-corrected chi connectivity index (χ2v) is 5.72. The van der Waals surface area contributed by atoms with E-state index in [1.54, 1.807) is 0 Å². The molecule has 2 N–H and O–H groups in total. The van der Waals surface area contributed by atoms with Crippen LogP contribution in [-0.4, -0.2) is 48.4 Å². The molecule has 0 bridgehead atoms. The average Bonchev–Trinajstić information content (AvgIpc) is 2.44. The van der Waals surface area contributed by atoms with Gasteiger partial charge in [0.2, 0.25) is 5.91 Å². The molecule has 1 heterocycles. The van der Waals surface area contributed by atoms with E-state index < -0.39 is 0 Å². The molecule has 1 aliphatic heterocycles. The third kappa shape index (κ3) is 3.38. The molecule has 0 radical (unpaired) electrons. The molecule has 4 nitrogen and oxygen atoms in total. The van der Waals surface area contributed by atoms with Crippen molar-refractivity contribution in [2.24, 2.45) is 5.73 Å². The minimum Gasteiger partial charge on any atom is -0.339 e. The number of nitrogens with two attached hydrogens (primary N) is 1. The molecule has 4 heteroatoms. The van der Waals surface area contributed by atoms with E-state index in [2.05, 4.69) is 37.8 Å². The predicted molar refractivity (Wildman–Crippen MR) is 81.6 cm³/mol. The number of hydrogen-bond donors (Lipinski definition) is 1. The van der Waals surface area contributed by atoms with Crippen LogP contribution in [0.1, 0.15) is 22.3 Å². The van der Waals surface area contributed by atoms with Gasteiger partial charge < -0.3 is 10.6 Å². The van der Waals surface area contributed by atoms with Crippen LogP contribution in [-0.2, 0) is 11.3 Å². The van der Waals surface area contributed by atoms with Crippen molar-refractivity contribution in [1.82, 2.24) is 9.80 Å². The number of amides is 1. The lowest BCUT2D eigenvalue weighted by molar-refractivity contribution is -0.131. The zero-order chi connectivity index (χ0) is 14.7. The normalized spacial score (nSPS) is 16.5. The molecule has 0 unspecified atom stereocenters. The minimum atomic E-state index is 0.0620. The van der Waals surface area contributed by atoms with Gasteiger partial charge in [-0.05, 0) is 43.0 Å². The van der Waals surface area contributed by atoms with E-state index in [0.717, 1.165) is 32.7 Å². The quantitative estimate of drug-likeness (QED) is 0.902. The van der Waals surface area contributed by atoms with Crippen molar-refractivity contribution in [3.8, 4) is 0 Å². The van der Waals surface area contributed by atoms with Crippen LogP contribution >= 0.6 is 0 Å². The Hall–Kier alpha value is -1.39. The topological polar surface area (TPSA) is 49.6 Å². The maximum atomic E-state index is 11.6. The lowest BCUT2D eigenvalue weighted by atomic mass is 10.0. The van der Waals surface area contributed by atoms with Crippen LogP contribution in [0.25, 0.3) is 0 Å². The summed E-state index contributed by atoms with van der Waals surface area (Å²) in [6.07, 6.45) is 0. The van der Waals surface area contributed by atoms with Crippen LogP contribution < -0.4 is 5.73 Å². The molecule has 1 saturated heterocycles. The van der Waals surface area contributed by atoms with E-state index in [9.17, 15) is 4.79 Å². The standard InChI is InChI=1S/C16H25N3O/c1-12-8-14(3)15(9-13(12)2)11-18-4-6-19(7-5-18)16(20)10-17/h8-9H,4-7,10-11,17H2,1-3H3. The van der Waals surface area contributed by atoms with Crippen LogP contribution in [0.3, 0.4) is 0 Å². The number of aryl methyl sites for hydroxylation is 3. The number of carbonyl (C=O) groups is 1. The van der Waals surface area contributed by atoms with Crippen LogP contribution in [0.4, 0.5) is 0 Å². The van der Waals surface area contributed by atoms with Gasteiger partial charge in [0.1, 0.15) is 0 Å². The van der Waals surface area contributed by atoms with E-state index in [-0.39, 0.29) is 12.5 Å². The third-order valence-corrected chi connectivity index (χ3v) is 4.25. The summed E-state index contributed by atoms with van der Waals surface area (Å²) >= 11 is 0. The third-order valence-electron chi connectivity index (χ3n) is 4.25. The molecular formula is C16H25N3O. The summed E-state index contributed by atoms with van der Waals surface area (Å²) in [6, 6.07) is 4.56. The minimum absolute atomic E-state index is 0.0620. The molecule has 1 fully saturated rings. The van der Waals surface area contributed by atoms with Crippen LogP contribution in [0, 0.1) is 20.8 Å². The number of carbonyl (C=O) groups excluding carboxylic acids is 1. The fourth-order valence-electron chi connectivity index (χ4n) is 2.72. The van der Waals surface area contributed by atoms with Gasteiger partial charge in [0, 0.05) is 32.7 Å². The van der Waals surface area contributed by atoms with Gasteiger partial charge in [0.15, 0.2) is 0 Å². The zero-order valence-electron chi connectivity index (χ0n) is 12.8. The second-order valence-electron chi connectivity index (χ2n) is 5.72. The molecular weight excluding hydrogens is 250 g/mol. The van der Waals surface area contributed by atoms with Gasteiger partial charge in [0.25, 0.3) is 0 Å². The smallest absolute Gasteiger partial charge is 0.236 e. The molecule has 0 atom stereocenters. The van der Waals surface area contributed by atoms with Gasteiger partial charge in [-0.1, -0.05) is 12.1 Å². The first-order chi connectivity index (χ1) is 9.51. The Labute approximate surface area is 121 Å². The SMILES string of the molecule is Cc1cc(C)c(CN2CCN(C(=O)CN)CC2)cc1C. The van der Waals surface area contributed by atoms with Crippen molar-refractivity contribution in [2.75, 3.05) is 32.7 Å². The van der Waals surface area contributed by atoms with Gasteiger partial charge >= 0.3 is 0 Å². The van der Waals surface area contributed by atoms with Gasteiger partial charge in [0.05, 0.1) is 6.54 Å². The van der Waals surface area contributed by atoms with Crippen molar-refractivity contribution in [3.05, 3.63) is 34.4 Å². The Kier molecular flexibility index (Phi) is 4.78. The van der Waals surface area contributed by atoms with Crippen molar-refractivity contribution in [2.45, 2.75) is 27.3 Å². The van der Waals surface area contributed by atoms with Crippen molar-refractivity contribution in [3.63, 3.8) is 0 Å². The first-order valence-electron chi connectivity index (χ1n) is 7.28. The van der Waals surface area contributed by atoms with E-state index in [0.29, 0.717) is 0 Å². The van der Waals surface area contributed by atoms with Crippen molar-refractivity contribution < 1.29 is 4.79 Å². The highest BCUT2D eigenvalue weighted by molar-refractivity contribution is 5.78. The molecule has 20 heavy (non-hydrogen) atoms. The number of piperazine rings is 1. The highest BCUT2D eigenvalue weighted by Gasteiger charge is 2.20. The van der Waals surface area contributed by atoms with Gasteiger partial charge in [-0.25, -0.2) is 0 Å². The molecule has 0 spiro atoms. The average molecular weight is 275 g/mol. The van der Waals surface area contributed by atoms with Crippen LogP contribution in [0.5, 0.6) is 0 Å². The summed E-state index contributed by atoms with van der Waals surface area (Å²) < 4.78 is 0. The number of rotatable bonds is 3. The maximum Gasteiger partial charge on any atom is 0.236 e. The molecule has 110 valence electrons. The molecule has 1 amide bonds. The molecule has 2 rings (SSSR count). The predicted octanol–water partition coefficient (Wildman–Crippen LogP) is 1.21. The Balaban J connectivity index is 1.96. The Bertz CT molecular complexity index is 491. The highest BCUT2D eigenvalue weighted by atomic mass is 16.2. The van der Waals surface area contributed by atoms with Gasteiger partial charge in [-0.3, -0.25) is 9.69 Å². The molecule has 0 saturated carbocycles. The first-order valence-corrected chi connectivity index (χ1v) is 7.28. The summed E-state index contributed by atoms with van der Waals surface area (Å²) in [5.74, 6) is 0.0620. The van der Waals surface area contributed by atoms with Crippen molar-refractivity contribution >= 4 is 5.91 Å². The summed E-state index contributed by atoms with van der Waals surface area (Å²) in [4.78, 5) is 15.8. The molecule has 1 aliphatic rings. The van der Waals surface area contributed by atoms with E-state index >= 15 is 0 Å². The maximum absolute atomic E-state index is 11.6. The Morgan fingerprint density at radius 1 is 1.05 bits per heavy atom.